The van der Waals surface area contributed by atoms with E-state index >= 15 is 0 Å². The fourth-order valence-corrected chi connectivity index (χ4v) is 4.99. The summed E-state index contributed by atoms with van der Waals surface area (Å²) in [5, 5.41) is 13.8. The third-order valence-corrected chi connectivity index (χ3v) is 7.21. The van der Waals surface area contributed by atoms with Crippen molar-refractivity contribution in [2.75, 3.05) is 0 Å². The molecule has 0 aliphatic rings. The summed E-state index contributed by atoms with van der Waals surface area (Å²) in [5.41, 5.74) is 2.18. The van der Waals surface area contributed by atoms with Crippen molar-refractivity contribution in [3.8, 4) is 6.07 Å². The zero-order valence-electron chi connectivity index (χ0n) is 16.3. The molecule has 1 aromatic heterocycles. The summed E-state index contributed by atoms with van der Waals surface area (Å²) in [7, 11) is 0. The van der Waals surface area contributed by atoms with Crippen LogP contribution in [0.1, 0.15) is 16.9 Å². The number of rotatable bonds is 9. The minimum absolute atomic E-state index is 0.0875. The topological polar surface area (TPSA) is 66.0 Å². The summed E-state index contributed by atoms with van der Waals surface area (Å²) in [6, 6.07) is 20.6. The number of halogens is 2. The van der Waals surface area contributed by atoms with Crippen molar-refractivity contribution >= 4 is 52.6 Å². The molecule has 3 rings (SSSR count). The van der Waals surface area contributed by atoms with Gasteiger partial charge in [-0.25, -0.2) is 0 Å². The Morgan fingerprint density at radius 3 is 1.94 bits per heavy atom. The number of benzene rings is 2. The summed E-state index contributed by atoms with van der Waals surface area (Å²) in [6.45, 7) is 0.216. The van der Waals surface area contributed by atoms with Crippen molar-refractivity contribution in [3.05, 3.63) is 104 Å². The molecule has 2 aromatic carbocycles. The highest BCUT2D eigenvalue weighted by molar-refractivity contribution is 8.21. The Hall–Kier alpha value is -2.30. The van der Waals surface area contributed by atoms with Crippen LogP contribution in [0, 0.1) is 11.3 Å². The van der Waals surface area contributed by atoms with Crippen LogP contribution in [0.4, 0.5) is 0 Å². The monoisotopic (exact) mass is 488 g/mol. The quantitative estimate of drug-likeness (QED) is 0.264. The molecule has 4 nitrogen and oxygen atoms in total. The van der Waals surface area contributed by atoms with Crippen LogP contribution in [0.5, 0.6) is 0 Å². The Morgan fingerprint density at radius 1 is 0.935 bits per heavy atom. The van der Waals surface area contributed by atoms with Gasteiger partial charge in [-0.1, -0.05) is 47.5 Å². The van der Waals surface area contributed by atoms with E-state index in [1.807, 2.05) is 48.5 Å². The molecule has 3 aromatic rings. The lowest BCUT2D eigenvalue weighted by Crippen LogP contribution is -2.24. The second-order valence-electron chi connectivity index (χ2n) is 6.37. The summed E-state index contributed by atoms with van der Waals surface area (Å²) in [4.78, 5) is 12.7. The van der Waals surface area contributed by atoms with Gasteiger partial charge in [0.15, 0.2) is 0 Å². The Balaban J connectivity index is 1.76. The average Bonchev–Trinajstić information content (AvgIpc) is 3.30. The molecule has 0 radical (unpaired) electrons. The predicted molar refractivity (Wildman–Crippen MR) is 129 cm³/mol. The number of carbonyl (C=O) groups excluding carboxylic acids is 1. The van der Waals surface area contributed by atoms with Crippen LogP contribution in [-0.2, 0) is 22.8 Å². The second-order valence-corrected chi connectivity index (χ2v) is 9.47. The molecule has 0 fully saturated rings. The highest BCUT2D eigenvalue weighted by atomic mass is 35.5. The summed E-state index contributed by atoms with van der Waals surface area (Å²) in [6.07, 6.45) is 1.54. The van der Waals surface area contributed by atoms with Gasteiger partial charge in [-0.05, 0) is 47.5 Å². The van der Waals surface area contributed by atoms with E-state index in [9.17, 15) is 10.1 Å². The van der Waals surface area contributed by atoms with E-state index in [4.69, 9.17) is 27.6 Å². The molecule has 0 saturated carbocycles. The van der Waals surface area contributed by atoms with E-state index in [0.717, 1.165) is 11.1 Å². The van der Waals surface area contributed by atoms with Gasteiger partial charge >= 0.3 is 0 Å². The second kappa shape index (κ2) is 11.9. The van der Waals surface area contributed by atoms with Gasteiger partial charge in [-0.3, -0.25) is 4.79 Å². The van der Waals surface area contributed by atoms with E-state index in [1.54, 1.807) is 12.1 Å². The first-order valence-electron chi connectivity index (χ1n) is 9.24. The van der Waals surface area contributed by atoms with E-state index in [-0.39, 0.29) is 12.1 Å². The van der Waals surface area contributed by atoms with Crippen molar-refractivity contribution < 1.29 is 9.21 Å². The minimum atomic E-state index is -0.430. The number of nitrogens with one attached hydrogen (secondary N) is 1. The molecule has 1 N–H and O–H groups in total. The number of nitriles is 1. The Labute approximate surface area is 199 Å². The SMILES string of the molecule is N#CC(C(=O)NCc1ccco1)=C(SCc1ccc(Cl)cc1)SCc1ccc(Cl)cc1. The first-order valence-corrected chi connectivity index (χ1v) is 12.0. The van der Waals surface area contributed by atoms with Crippen LogP contribution >= 0.6 is 46.7 Å². The highest BCUT2D eigenvalue weighted by Gasteiger charge is 2.17. The highest BCUT2D eigenvalue weighted by Crippen LogP contribution is 2.36. The molecule has 0 aliphatic heterocycles. The Bertz CT molecular complexity index is 1020. The van der Waals surface area contributed by atoms with E-state index in [1.165, 1.54) is 29.8 Å². The third-order valence-electron chi connectivity index (χ3n) is 4.11. The van der Waals surface area contributed by atoms with Crippen LogP contribution in [0.15, 0.2) is 81.2 Å². The number of hydrogen-bond donors (Lipinski definition) is 1. The van der Waals surface area contributed by atoms with Crippen LogP contribution in [0.2, 0.25) is 10.0 Å². The van der Waals surface area contributed by atoms with Crippen molar-refractivity contribution in [1.29, 1.82) is 5.26 Å². The van der Waals surface area contributed by atoms with Gasteiger partial charge in [0, 0.05) is 21.6 Å². The molecule has 0 atom stereocenters. The third kappa shape index (κ3) is 7.41. The lowest BCUT2D eigenvalue weighted by Gasteiger charge is -2.11. The van der Waals surface area contributed by atoms with Gasteiger partial charge in [0.1, 0.15) is 17.4 Å². The summed E-state index contributed by atoms with van der Waals surface area (Å²) >= 11 is 14.8. The maximum Gasteiger partial charge on any atom is 0.264 e. The van der Waals surface area contributed by atoms with Crippen molar-refractivity contribution in [1.82, 2.24) is 5.32 Å². The van der Waals surface area contributed by atoms with Crippen LogP contribution in [0.25, 0.3) is 0 Å². The molecule has 0 saturated heterocycles. The fourth-order valence-electron chi connectivity index (χ4n) is 2.50. The zero-order chi connectivity index (χ0) is 22.1. The average molecular weight is 489 g/mol. The molecule has 0 unspecified atom stereocenters. The first kappa shape index (κ1) is 23.4. The number of carbonyl (C=O) groups is 1. The summed E-state index contributed by atoms with van der Waals surface area (Å²) in [5.74, 6) is 1.41. The smallest absolute Gasteiger partial charge is 0.264 e. The van der Waals surface area contributed by atoms with Gasteiger partial charge in [-0.15, -0.1) is 23.5 Å². The predicted octanol–water partition coefficient (Wildman–Crippen LogP) is 6.80. The molecular formula is C23H18Cl2N2O2S2. The molecule has 0 aliphatic carbocycles. The minimum Gasteiger partial charge on any atom is -0.467 e. The number of nitrogens with zero attached hydrogens (tertiary/aromatic N) is 1. The molecule has 158 valence electrons. The van der Waals surface area contributed by atoms with E-state index in [2.05, 4.69) is 11.4 Å². The Kier molecular flexibility index (Phi) is 8.98. The number of amides is 1. The lowest BCUT2D eigenvalue weighted by atomic mass is 10.2. The molecule has 1 heterocycles. The standard InChI is InChI=1S/C23H18Cl2N2O2S2/c24-18-7-3-16(4-8-18)14-30-23(31-15-17-5-9-19(25)10-6-17)21(12-26)22(28)27-13-20-2-1-11-29-20/h1-11H,13-15H2,(H,27,28). The molecule has 0 bridgehead atoms. The summed E-state index contributed by atoms with van der Waals surface area (Å²) < 4.78 is 5.90. The molecule has 0 spiro atoms. The lowest BCUT2D eigenvalue weighted by molar-refractivity contribution is -0.117. The van der Waals surface area contributed by atoms with Crippen LogP contribution in [-0.4, -0.2) is 5.91 Å². The van der Waals surface area contributed by atoms with Gasteiger partial charge in [-0.2, -0.15) is 5.26 Å². The number of furan rings is 1. The molecular weight excluding hydrogens is 471 g/mol. The molecule has 8 heteroatoms. The first-order chi connectivity index (χ1) is 15.0. The molecule has 1 amide bonds. The van der Waals surface area contributed by atoms with Crippen molar-refractivity contribution in [2.24, 2.45) is 0 Å². The van der Waals surface area contributed by atoms with Gasteiger partial charge in [0.05, 0.1) is 17.0 Å². The van der Waals surface area contributed by atoms with Crippen molar-refractivity contribution in [3.63, 3.8) is 0 Å². The largest absolute Gasteiger partial charge is 0.467 e. The van der Waals surface area contributed by atoms with Gasteiger partial charge < -0.3 is 9.73 Å². The number of hydrogen-bond acceptors (Lipinski definition) is 5. The number of thioether (sulfide) groups is 2. The van der Waals surface area contributed by atoms with Gasteiger partial charge in [0.2, 0.25) is 0 Å². The Morgan fingerprint density at radius 2 is 1.48 bits per heavy atom. The van der Waals surface area contributed by atoms with Crippen molar-refractivity contribution in [2.45, 2.75) is 18.1 Å². The zero-order valence-corrected chi connectivity index (χ0v) is 19.5. The molecule has 31 heavy (non-hydrogen) atoms. The normalized spacial score (nSPS) is 10.4. The van der Waals surface area contributed by atoms with E-state index < -0.39 is 5.91 Å². The van der Waals surface area contributed by atoms with Gasteiger partial charge in [0.25, 0.3) is 5.91 Å². The van der Waals surface area contributed by atoms with Crippen LogP contribution < -0.4 is 5.32 Å². The maximum atomic E-state index is 12.7. The maximum absolute atomic E-state index is 12.7. The fraction of sp³-hybridized carbons (Fsp3) is 0.130. The van der Waals surface area contributed by atoms with E-state index in [0.29, 0.717) is 31.5 Å². The van der Waals surface area contributed by atoms with Crippen LogP contribution in [0.3, 0.4) is 0 Å².